The van der Waals surface area contributed by atoms with E-state index in [0.717, 1.165) is 17.9 Å². The minimum atomic E-state index is -1.24. The second-order valence-electron chi connectivity index (χ2n) is 8.52. The van der Waals surface area contributed by atoms with Crippen LogP contribution in [0.2, 0.25) is 0 Å². The monoisotopic (exact) mass is 401 g/mol. The smallest absolute Gasteiger partial charge is 0.254 e. The second-order valence-corrected chi connectivity index (χ2v) is 8.52. The molecule has 150 valence electrons. The molecule has 30 heavy (non-hydrogen) atoms. The highest BCUT2D eigenvalue weighted by molar-refractivity contribution is 6.07. The number of carboxylic acids is 1. The summed E-state index contributed by atoms with van der Waals surface area (Å²) in [6.45, 7) is 0. The van der Waals surface area contributed by atoms with Gasteiger partial charge in [0.1, 0.15) is 11.5 Å². The number of aromatic carboxylic acids is 1. The number of carboxylic acid groups (broad SMARTS) is 1. The minimum Gasteiger partial charge on any atom is -0.545 e. The summed E-state index contributed by atoms with van der Waals surface area (Å²) in [4.78, 5) is 36.7. The van der Waals surface area contributed by atoms with Gasteiger partial charge in [-0.3, -0.25) is 9.59 Å². The van der Waals surface area contributed by atoms with Crippen LogP contribution in [-0.4, -0.2) is 29.0 Å². The van der Waals surface area contributed by atoms with Crippen molar-refractivity contribution in [1.29, 1.82) is 0 Å². The molecule has 1 aromatic heterocycles. The maximum Gasteiger partial charge on any atom is 0.254 e. The molecule has 4 atom stereocenters. The number of allylic oxidation sites excluding steroid dienone is 2. The van der Waals surface area contributed by atoms with Crippen LogP contribution in [0.3, 0.4) is 0 Å². The largest absolute Gasteiger partial charge is 0.545 e. The first-order valence-corrected chi connectivity index (χ1v) is 10.0. The number of benzene rings is 1. The highest BCUT2D eigenvalue weighted by atomic mass is 16.4. The fraction of sp³-hybridized carbons (Fsp3) is 0.304. The SMILES string of the molecule is O=C([O-])c1ccc(-c2ccc(/C=N\N3C(=O)[C@@H]4[C@H](C3=O)[C@@H]3C=C[C@H]4C34CC4)o2)cc1. The van der Waals surface area contributed by atoms with Gasteiger partial charge in [-0.05, 0) is 47.8 Å². The minimum absolute atomic E-state index is 0.0835. The Morgan fingerprint density at radius 1 is 1.03 bits per heavy atom. The lowest BCUT2D eigenvalue weighted by atomic mass is 9.85. The fourth-order valence-electron chi connectivity index (χ4n) is 5.64. The Morgan fingerprint density at radius 2 is 1.67 bits per heavy atom. The lowest BCUT2D eigenvalue weighted by Gasteiger charge is -2.18. The molecule has 6 rings (SSSR count). The van der Waals surface area contributed by atoms with Gasteiger partial charge < -0.3 is 14.3 Å². The van der Waals surface area contributed by atoms with Crippen molar-refractivity contribution in [2.75, 3.05) is 0 Å². The van der Waals surface area contributed by atoms with Crippen LogP contribution in [0.15, 0.2) is 58.1 Å². The average molecular weight is 401 g/mol. The highest BCUT2D eigenvalue weighted by Gasteiger charge is 2.73. The van der Waals surface area contributed by atoms with E-state index in [0.29, 0.717) is 17.1 Å². The molecule has 3 fully saturated rings. The van der Waals surface area contributed by atoms with E-state index in [4.69, 9.17) is 4.42 Å². The molecule has 2 saturated carbocycles. The fourth-order valence-corrected chi connectivity index (χ4v) is 5.64. The molecule has 2 aromatic rings. The van der Waals surface area contributed by atoms with Crippen molar-refractivity contribution in [2.45, 2.75) is 12.8 Å². The lowest BCUT2D eigenvalue weighted by molar-refractivity contribution is -0.255. The molecule has 1 spiro atoms. The summed E-state index contributed by atoms with van der Waals surface area (Å²) in [6, 6.07) is 9.53. The molecule has 1 aliphatic heterocycles. The van der Waals surface area contributed by atoms with Gasteiger partial charge in [-0.25, -0.2) is 0 Å². The Kier molecular flexibility index (Phi) is 3.35. The molecule has 0 unspecified atom stereocenters. The van der Waals surface area contributed by atoms with E-state index < -0.39 is 5.97 Å². The molecule has 7 heteroatoms. The molecule has 0 radical (unpaired) electrons. The highest BCUT2D eigenvalue weighted by Crippen LogP contribution is 2.73. The van der Waals surface area contributed by atoms with Crippen LogP contribution in [0.1, 0.15) is 29.0 Å². The van der Waals surface area contributed by atoms with Gasteiger partial charge in [0.05, 0.1) is 24.0 Å². The zero-order chi connectivity index (χ0) is 20.6. The van der Waals surface area contributed by atoms with Crippen molar-refractivity contribution >= 4 is 24.0 Å². The van der Waals surface area contributed by atoms with Gasteiger partial charge in [-0.2, -0.15) is 10.1 Å². The molecule has 4 aliphatic rings. The summed E-state index contributed by atoms with van der Waals surface area (Å²) in [7, 11) is 0. The van der Waals surface area contributed by atoms with Gasteiger partial charge in [0.15, 0.2) is 0 Å². The van der Waals surface area contributed by atoms with Gasteiger partial charge in [0.2, 0.25) is 0 Å². The Morgan fingerprint density at radius 3 is 2.23 bits per heavy atom. The Balaban J connectivity index is 1.21. The molecular weight excluding hydrogens is 384 g/mol. The number of nitrogens with zero attached hydrogens (tertiary/aromatic N) is 2. The normalized spacial score (nSPS) is 30.1. The standard InChI is InChI=1S/C23H18N2O5/c26-20-18-15-6-7-16(23(15)9-10-23)19(18)21(27)25(20)24-11-14-5-8-17(30-14)12-1-3-13(4-2-12)22(28)29/h1-8,11,15-16,18-19H,9-10H2,(H,28,29)/p-1/b24-11-/t15-,16+,18+,19-. The number of hydrogen-bond donors (Lipinski definition) is 0. The second kappa shape index (κ2) is 5.78. The van der Waals surface area contributed by atoms with E-state index in [2.05, 4.69) is 17.3 Å². The first-order valence-electron chi connectivity index (χ1n) is 10.0. The van der Waals surface area contributed by atoms with E-state index in [9.17, 15) is 19.5 Å². The predicted molar refractivity (Wildman–Crippen MR) is 103 cm³/mol. The molecular formula is C23H17N2O5-. The van der Waals surface area contributed by atoms with Crippen molar-refractivity contribution in [1.82, 2.24) is 5.01 Å². The summed E-state index contributed by atoms with van der Waals surface area (Å²) < 4.78 is 5.72. The van der Waals surface area contributed by atoms with E-state index in [-0.39, 0.29) is 46.5 Å². The maximum absolute atomic E-state index is 12.9. The number of imide groups is 1. The number of rotatable bonds is 4. The first kappa shape index (κ1) is 17.4. The third kappa shape index (κ3) is 2.20. The van der Waals surface area contributed by atoms with Gasteiger partial charge in [0, 0.05) is 5.56 Å². The van der Waals surface area contributed by atoms with Crippen LogP contribution in [0.25, 0.3) is 11.3 Å². The van der Waals surface area contributed by atoms with Crippen molar-refractivity contribution in [2.24, 2.45) is 34.2 Å². The van der Waals surface area contributed by atoms with Crippen molar-refractivity contribution in [3.8, 4) is 11.3 Å². The molecule has 2 heterocycles. The quantitative estimate of drug-likeness (QED) is 0.442. The van der Waals surface area contributed by atoms with Crippen LogP contribution in [0, 0.1) is 29.1 Å². The Bertz CT molecular complexity index is 1120. The summed E-state index contributed by atoms with van der Waals surface area (Å²) in [5.74, 6) is -0.964. The maximum atomic E-state index is 12.9. The molecule has 2 amide bonds. The van der Waals surface area contributed by atoms with Gasteiger partial charge in [0.25, 0.3) is 11.8 Å². The predicted octanol–water partition coefficient (Wildman–Crippen LogP) is 1.84. The zero-order valence-electron chi connectivity index (χ0n) is 15.9. The van der Waals surface area contributed by atoms with E-state index in [1.54, 1.807) is 24.3 Å². The summed E-state index contributed by atoms with van der Waals surface area (Å²) in [5.41, 5.74) is 0.943. The topological polar surface area (TPSA) is 103 Å². The van der Waals surface area contributed by atoms with Gasteiger partial charge in [-0.15, -0.1) is 0 Å². The number of fused-ring (bicyclic) bond motifs is 3. The molecule has 1 saturated heterocycles. The van der Waals surface area contributed by atoms with Crippen molar-refractivity contribution in [3.05, 3.63) is 59.9 Å². The van der Waals surface area contributed by atoms with Crippen LogP contribution in [0.5, 0.6) is 0 Å². The molecule has 0 N–H and O–H groups in total. The van der Waals surface area contributed by atoms with Crippen molar-refractivity contribution in [3.63, 3.8) is 0 Å². The number of carbonyl (C=O) groups is 3. The number of amides is 2. The number of furan rings is 1. The Hall–Kier alpha value is -3.48. The van der Waals surface area contributed by atoms with Crippen molar-refractivity contribution < 1.29 is 23.9 Å². The van der Waals surface area contributed by atoms with Crippen LogP contribution < -0.4 is 5.11 Å². The van der Waals surface area contributed by atoms with Crippen LogP contribution >= 0.6 is 0 Å². The summed E-state index contributed by atoms with van der Waals surface area (Å²) in [5, 5.41) is 16.0. The molecule has 1 aromatic carbocycles. The van der Waals surface area contributed by atoms with E-state index in [1.165, 1.54) is 18.3 Å². The van der Waals surface area contributed by atoms with Crippen LogP contribution in [-0.2, 0) is 9.59 Å². The number of hydrazone groups is 1. The number of hydrogen-bond acceptors (Lipinski definition) is 6. The molecule has 2 bridgehead atoms. The Labute approximate surface area is 171 Å². The third-order valence-electron chi connectivity index (χ3n) is 7.16. The molecule has 3 aliphatic carbocycles. The zero-order valence-corrected chi connectivity index (χ0v) is 15.9. The van der Waals surface area contributed by atoms with Gasteiger partial charge >= 0.3 is 0 Å². The third-order valence-corrected chi connectivity index (χ3v) is 7.16. The number of carbonyl (C=O) groups excluding carboxylic acids is 3. The van der Waals surface area contributed by atoms with E-state index >= 15 is 0 Å². The van der Waals surface area contributed by atoms with Crippen LogP contribution in [0.4, 0.5) is 0 Å². The molecule has 7 nitrogen and oxygen atoms in total. The first-order chi connectivity index (χ1) is 14.5. The van der Waals surface area contributed by atoms with Gasteiger partial charge in [-0.1, -0.05) is 36.4 Å². The lowest BCUT2D eigenvalue weighted by Crippen LogP contribution is -2.30. The summed E-state index contributed by atoms with van der Waals surface area (Å²) in [6.07, 6.45) is 7.83. The van der Waals surface area contributed by atoms with E-state index in [1.807, 2.05) is 0 Å². The average Bonchev–Trinajstić information content (AvgIpc) is 3.03. The summed E-state index contributed by atoms with van der Waals surface area (Å²) >= 11 is 0.